The van der Waals surface area contributed by atoms with Crippen molar-refractivity contribution in [2.45, 2.75) is 380 Å². The molecule has 0 bridgehead atoms. The SMILES string of the molecule is CCCCCCCCCC/C=C\CCCCCCCCCCCCCCCCCCCCCC(=O)OC(COC(=O)CCCCCCCCCCCCCCCCC/C=C\CCCCCCCCCC)COP(=O)([O-])OCC[N+](C)(C)C. The van der Waals surface area contributed by atoms with Crippen LogP contribution in [0.25, 0.3) is 0 Å². The minimum absolute atomic E-state index is 0.0271. The molecule has 0 aromatic heterocycles. The fraction of sp³-hybridized carbons (Fsp3) is 0.917. The van der Waals surface area contributed by atoms with Crippen LogP contribution in [0, 0.1) is 0 Å². The van der Waals surface area contributed by atoms with E-state index in [1.165, 1.54) is 308 Å². The summed E-state index contributed by atoms with van der Waals surface area (Å²) in [5.74, 6) is -0.810. The van der Waals surface area contributed by atoms with Crippen LogP contribution in [0.2, 0.25) is 0 Å². The van der Waals surface area contributed by atoms with Gasteiger partial charge in [0.25, 0.3) is 7.82 Å². The Balaban J connectivity index is 3.98. The molecular formula is C72H140NO8P. The summed E-state index contributed by atoms with van der Waals surface area (Å²) in [5, 5.41) is 0. The van der Waals surface area contributed by atoms with Crippen molar-refractivity contribution in [3.8, 4) is 0 Å². The van der Waals surface area contributed by atoms with Gasteiger partial charge in [0.1, 0.15) is 19.8 Å². The van der Waals surface area contributed by atoms with Gasteiger partial charge in [0.15, 0.2) is 6.10 Å². The van der Waals surface area contributed by atoms with E-state index < -0.39 is 26.5 Å². The van der Waals surface area contributed by atoms with Gasteiger partial charge in [-0.15, -0.1) is 0 Å². The predicted octanol–water partition coefficient (Wildman–Crippen LogP) is 22.6. The van der Waals surface area contributed by atoms with Crippen LogP contribution in [0.1, 0.15) is 373 Å². The van der Waals surface area contributed by atoms with Gasteiger partial charge in [-0.25, -0.2) is 0 Å². The lowest BCUT2D eigenvalue weighted by Crippen LogP contribution is -2.37. The number of nitrogens with zero attached hydrogens (tertiary/aromatic N) is 1. The first kappa shape index (κ1) is 80.5. The van der Waals surface area contributed by atoms with Gasteiger partial charge < -0.3 is 27.9 Å². The monoisotopic (exact) mass is 1180 g/mol. The van der Waals surface area contributed by atoms with Crippen LogP contribution < -0.4 is 4.89 Å². The van der Waals surface area contributed by atoms with Crippen molar-refractivity contribution in [2.75, 3.05) is 47.5 Å². The second-order valence-electron chi connectivity index (χ2n) is 26.0. The normalized spacial score (nSPS) is 13.2. The Morgan fingerprint density at radius 3 is 0.902 bits per heavy atom. The van der Waals surface area contributed by atoms with E-state index in [0.717, 1.165) is 32.1 Å². The zero-order chi connectivity index (χ0) is 59.8. The number of carbonyl (C=O) groups is 2. The lowest BCUT2D eigenvalue weighted by Gasteiger charge is -2.28. The highest BCUT2D eigenvalue weighted by molar-refractivity contribution is 7.45. The fourth-order valence-electron chi connectivity index (χ4n) is 10.9. The van der Waals surface area contributed by atoms with E-state index in [0.29, 0.717) is 17.4 Å². The molecule has 0 saturated heterocycles. The molecule has 0 fully saturated rings. The highest BCUT2D eigenvalue weighted by atomic mass is 31.2. The Hall–Kier alpha value is -1.51. The molecule has 2 atom stereocenters. The zero-order valence-electron chi connectivity index (χ0n) is 55.5. The molecule has 0 aliphatic heterocycles. The molecule has 0 aliphatic carbocycles. The molecule has 0 aromatic rings. The summed E-state index contributed by atoms with van der Waals surface area (Å²) in [6.45, 7) is 4.32. The van der Waals surface area contributed by atoms with E-state index in [-0.39, 0.29) is 32.0 Å². The number of unbranched alkanes of at least 4 members (excludes halogenated alkanes) is 50. The molecule has 0 amide bonds. The van der Waals surface area contributed by atoms with Crippen molar-refractivity contribution >= 4 is 19.8 Å². The molecule has 9 nitrogen and oxygen atoms in total. The second kappa shape index (κ2) is 64.0. The Bertz CT molecular complexity index is 1430. The lowest BCUT2D eigenvalue weighted by molar-refractivity contribution is -0.870. The van der Waals surface area contributed by atoms with Gasteiger partial charge in [0.05, 0.1) is 27.7 Å². The number of carbonyl (C=O) groups excluding carboxylic acids is 2. The standard InChI is InChI=1S/C72H140NO8P/c1-6-8-10-12-14-16-18-20-22-24-26-28-30-32-34-35-36-37-39-41-43-45-47-49-51-53-55-57-59-61-63-65-72(75)81-70(69-80-82(76,77)79-67-66-73(3,4)5)68-78-71(74)64-62-60-58-56-54-52-50-48-46-44-42-40-38-33-31-29-27-25-23-21-19-17-15-13-11-9-7-2/h24-27,70H,6-23,28-69H2,1-5H3/b26-24-,27-25-. The maximum Gasteiger partial charge on any atom is 0.306 e. The van der Waals surface area contributed by atoms with E-state index in [9.17, 15) is 19.0 Å². The van der Waals surface area contributed by atoms with Crippen LogP contribution in [-0.2, 0) is 32.7 Å². The first-order valence-corrected chi connectivity index (χ1v) is 37.5. The van der Waals surface area contributed by atoms with Crippen molar-refractivity contribution in [1.29, 1.82) is 0 Å². The minimum atomic E-state index is -4.64. The summed E-state index contributed by atoms with van der Waals surface area (Å²) in [7, 11) is 1.19. The summed E-state index contributed by atoms with van der Waals surface area (Å²) in [6.07, 6.45) is 79.9. The summed E-state index contributed by atoms with van der Waals surface area (Å²) in [6, 6.07) is 0. The van der Waals surface area contributed by atoms with Gasteiger partial charge in [-0.1, -0.05) is 321 Å². The van der Waals surface area contributed by atoms with Crippen LogP contribution in [0.5, 0.6) is 0 Å². The molecule has 0 heterocycles. The van der Waals surface area contributed by atoms with Crippen molar-refractivity contribution in [3.05, 3.63) is 24.3 Å². The highest BCUT2D eigenvalue weighted by Crippen LogP contribution is 2.38. The molecule has 0 N–H and O–H groups in total. The third-order valence-corrected chi connectivity index (χ3v) is 17.4. The first-order chi connectivity index (χ1) is 40.0. The Labute approximate surface area is 510 Å². The Morgan fingerprint density at radius 1 is 0.366 bits per heavy atom. The molecule has 0 aromatic carbocycles. The predicted molar refractivity (Wildman–Crippen MR) is 351 cm³/mol. The van der Waals surface area contributed by atoms with Gasteiger partial charge in [0.2, 0.25) is 0 Å². The van der Waals surface area contributed by atoms with Crippen LogP contribution in [0.15, 0.2) is 24.3 Å². The molecular weight excluding hydrogens is 1040 g/mol. The van der Waals surface area contributed by atoms with Crippen molar-refractivity contribution < 1.29 is 42.1 Å². The Kier molecular flexibility index (Phi) is 62.8. The third-order valence-electron chi connectivity index (χ3n) is 16.4. The van der Waals surface area contributed by atoms with Crippen molar-refractivity contribution in [2.24, 2.45) is 0 Å². The average Bonchev–Trinajstić information content (AvgIpc) is 3.46. The molecule has 0 aliphatic rings. The van der Waals surface area contributed by atoms with E-state index in [1.807, 2.05) is 21.1 Å². The van der Waals surface area contributed by atoms with Gasteiger partial charge in [0, 0.05) is 12.8 Å². The number of allylic oxidation sites excluding steroid dienone is 4. The number of ether oxygens (including phenoxy) is 2. The number of hydrogen-bond donors (Lipinski definition) is 0. The quantitative estimate of drug-likeness (QED) is 0.0195. The first-order valence-electron chi connectivity index (χ1n) is 36.0. The van der Waals surface area contributed by atoms with E-state index in [1.54, 1.807) is 0 Å². The van der Waals surface area contributed by atoms with Crippen LogP contribution in [0.4, 0.5) is 0 Å². The van der Waals surface area contributed by atoms with Gasteiger partial charge in [-0.05, 0) is 64.2 Å². The van der Waals surface area contributed by atoms with Crippen molar-refractivity contribution in [1.82, 2.24) is 0 Å². The molecule has 0 spiro atoms. The number of quaternary nitrogens is 1. The number of likely N-dealkylation sites (N-methyl/N-ethyl adjacent to an activating group) is 1. The van der Waals surface area contributed by atoms with Gasteiger partial charge >= 0.3 is 11.9 Å². The molecule has 82 heavy (non-hydrogen) atoms. The molecule has 486 valence electrons. The molecule has 10 heteroatoms. The maximum absolute atomic E-state index is 12.9. The van der Waals surface area contributed by atoms with Gasteiger partial charge in [-0.2, -0.15) is 0 Å². The molecule has 0 saturated carbocycles. The largest absolute Gasteiger partial charge is 0.756 e. The number of rotatable bonds is 68. The Morgan fingerprint density at radius 2 is 0.622 bits per heavy atom. The van der Waals surface area contributed by atoms with Crippen LogP contribution in [0.3, 0.4) is 0 Å². The average molecular weight is 1180 g/mol. The minimum Gasteiger partial charge on any atom is -0.756 e. The number of esters is 2. The number of hydrogen-bond acceptors (Lipinski definition) is 8. The third kappa shape index (κ3) is 67.6. The van der Waals surface area contributed by atoms with Crippen LogP contribution in [-0.4, -0.2) is 70.0 Å². The molecule has 2 unspecified atom stereocenters. The van der Waals surface area contributed by atoms with E-state index in [4.69, 9.17) is 18.5 Å². The summed E-state index contributed by atoms with van der Waals surface area (Å²) < 4.78 is 34.4. The summed E-state index contributed by atoms with van der Waals surface area (Å²) in [4.78, 5) is 38.1. The topological polar surface area (TPSA) is 111 Å². The fourth-order valence-corrected chi connectivity index (χ4v) is 11.6. The van der Waals surface area contributed by atoms with Gasteiger partial charge in [-0.3, -0.25) is 14.2 Å². The smallest absolute Gasteiger partial charge is 0.306 e. The summed E-state index contributed by atoms with van der Waals surface area (Å²) in [5.41, 5.74) is 0. The second-order valence-corrected chi connectivity index (χ2v) is 27.4. The zero-order valence-corrected chi connectivity index (χ0v) is 56.4. The highest BCUT2D eigenvalue weighted by Gasteiger charge is 2.22. The number of phosphoric acid groups is 1. The van der Waals surface area contributed by atoms with E-state index in [2.05, 4.69) is 38.2 Å². The van der Waals surface area contributed by atoms with Crippen LogP contribution >= 0.6 is 7.82 Å². The lowest BCUT2D eigenvalue weighted by atomic mass is 10.0. The maximum atomic E-state index is 12.9. The number of phosphoric ester groups is 1. The van der Waals surface area contributed by atoms with Crippen molar-refractivity contribution in [3.63, 3.8) is 0 Å². The van der Waals surface area contributed by atoms with E-state index >= 15 is 0 Å². The summed E-state index contributed by atoms with van der Waals surface area (Å²) >= 11 is 0. The molecule has 0 rings (SSSR count). The molecule has 0 radical (unpaired) electrons.